The molecule has 5 nitrogen and oxygen atoms in total. The molecule has 1 aromatic rings. The molecular formula is C16H21NO4S. The van der Waals surface area contributed by atoms with E-state index in [1.165, 1.54) is 6.92 Å². The van der Waals surface area contributed by atoms with Crippen molar-refractivity contribution in [1.82, 2.24) is 4.72 Å². The number of nitrogens with one attached hydrogen (secondary N) is 1. The molecule has 0 saturated heterocycles. The van der Waals surface area contributed by atoms with Gasteiger partial charge in [0.05, 0.1) is 4.90 Å². The first-order valence-electron chi connectivity index (χ1n) is 7.28. The molecule has 0 radical (unpaired) electrons. The topological polar surface area (TPSA) is 72.5 Å². The van der Waals surface area contributed by atoms with Crippen LogP contribution in [0.1, 0.15) is 31.7 Å². The third-order valence-electron chi connectivity index (χ3n) is 3.52. The smallest absolute Gasteiger partial charge is 0.302 e. The maximum absolute atomic E-state index is 12.4. The zero-order valence-corrected chi connectivity index (χ0v) is 13.6. The summed E-state index contributed by atoms with van der Waals surface area (Å²) in [7, 11) is -3.57. The van der Waals surface area contributed by atoms with E-state index in [1.54, 1.807) is 24.3 Å². The number of ether oxygens (including phenoxy) is 1. The van der Waals surface area contributed by atoms with Crippen LogP contribution in [0.3, 0.4) is 0 Å². The lowest BCUT2D eigenvalue weighted by Crippen LogP contribution is -2.37. The van der Waals surface area contributed by atoms with Crippen molar-refractivity contribution in [3.05, 3.63) is 42.0 Å². The maximum atomic E-state index is 12.4. The van der Waals surface area contributed by atoms with Crippen LogP contribution in [0.15, 0.2) is 41.3 Å². The van der Waals surface area contributed by atoms with Crippen molar-refractivity contribution in [1.29, 1.82) is 0 Å². The van der Waals surface area contributed by atoms with Gasteiger partial charge in [-0.2, -0.15) is 0 Å². The van der Waals surface area contributed by atoms with E-state index in [0.717, 1.165) is 5.56 Å². The minimum atomic E-state index is -3.57. The lowest BCUT2D eigenvalue weighted by Gasteiger charge is -2.21. The monoisotopic (exact) mass is 323 g/mol. The molecule has 0 aromatic heterocycles. The Labute approximate surface area is 131 Å². The molecule has 2 rings (SSSR count). The van der Waals surface area contributed by atoms with Gasteiger partial charge in [0.2, 0.25) is 10.0 Å². The summed E-state index contributed by atoms with van der Waals surface area (Å²) in [6.45, 7) is 3.27. The van der Waals surface area contributed by atoms with Crippen LogP contribution in [-0.4, -0.2) is 26.5 Å². The van der Waals surface area contributed by atoms with Crippen LogP contribution < -0.4 is 4.72 Å². The Hall–Kier alpha value is -1.66. The number of carbonyl (C=O) groups excluding carboxylic acids is 1. The fraction of sp³-hybridized carbons (Fsp3) is 0.438. The first kappa shape index (κ1) is 16.7. The summed E-state index contributed by atoms with van der Waals surface area (Å²) in [6, 6.07) is 6.43. The van der Waals surface area contributed by atoms with E-state index in [2.05, 4.69) is 4.72 Å². The summed E-state index contributed by atoms with van der Waals surface area (Å²) >= 11 is 0. The molecule has 0 spiro atoms. The number of esters is 1. The highest BCUT2D eigenvalue weighted by molar-refractivity contribution is 7.89. The highest BCUT2D eigenvalue weighted by Crippen LogP contribution is 2.19. The Morgan fingerprint density at radius 2 is 1.82 bits per heavy atom. The second kappa shape index (κ2) is 7.07. The van der Waals surface area contributed by atoms with Gasteiger partial charge in [-0.25, -0.2) is 13.1 Å². The zero-order chi connectivity index (χ0) is 16.2. The standard InChI is InChI=1S/C16H21NO4S/c1-12-7-9-16(10-8-12)22(19,20)17-14-5-3-4-6-15(11-14)21-13(2)18/h3-4,7-10,14-15,17H,5-6,11H2,1-2H3/t14-,15-/m1/s1. The number of hydrogen-bond donors (Lipinski definition) is 1. The first-order chi connectivity index (χ1) is 10.4. The second-order valence-electron chi connectivity index (χ2n) is 5.54. The van der Waals surface area contributed by atoms with Gasteiger partial charge in [0, 0.05) is 25.8 Å². The van der Waals surface area contributed by atoms with E-state index < -0.39 is 10.0 Å². The molecule has 1 N–H and O–H groups in total. The van der Waals surface area contributed by atoms with Crippen LogP contribution in [-0.2, 0) is 19.6 Å². The van der Waals surface area contributed by atoms with E-state index in [0.29, 0.717) is 19.3 Å². The predicted molar refractivity (Wildman–Crippen MR) is 83.8 cm³/mol. The summed E-state index contributed by atoms with van der Waals surface area (Å²) in [6.07, 6.45) is 5.23. The van der Waals surface area contributed by atoms with E-state index in [1.807, 2.05) is 19.1 Å². The predicted octanol–water partition coefficient (Wildman–Crippen LogP) is 2.31. The molecule has 1 aliphatic carbocycles. The van der Waals surface area contributed by atoms with Crippen LogP contribution in [0.25, 0.3) is 0 Å². The third kappa shape index (κ3) is 4.68. The number of rotatable bonds is 4. The van der Waals surface area contributed by atoms with Gasteiger partial charge in [-0.3, -0.25) is 4.79 Å². The van der Waals surface area contributed by atoms with Crippen molar-refractivity contribution in [2.24, 2.45) is 0 Å². The number of hydrogen-bond acceptors (Lipinski definition) is 4. The van der Waals surface area contributed by atoms with Gasteiger partial charge in [-0.05, 0) is 25.5 Å². The minimum Gasteiger partial charge on any atom is -0.462 e. The molecule has 0 saturated carbocycles. The lowest BCUT2D eigenvalue weighted by atomic mass is 10.1. The molecule has 1 aliphatic rings. The quantitative estimate of drug-likeness (QED) is 0.682. The van der Waals surface area contributed by atoms with E-state index in [4.69, 9.17) is 4.74 Å². The molecule has 0 heterocycles. The molecule has 6 heteroatoms. The summed E-state index contributed by atoms with van der Waals surface area (Å²) in [5.41, 5.74) is 1.01. The Kier molecular flexibility index (Phi) is 5.37. The Bertz CT molecular complexity index is 649. The number of carbonyl (C=O) groups is 1. The number of sulfonamides is 1. The molecule has 0 amide bonds. The SMILES string of the molecule is CC(=O)O[C@@H]1CC=CC[C@@H](NS(=O)(=O)c2ccc(C)cc2)C1. The normalized spacial score (nSPS) is 22.1. The van der Waals surface area contributed by atoms with Gasteiger partial charge in [-0.15, -0.1) is 0 Å². The third-order valence-corrected chi connectivity index (χ3v) is 5.06. The van der Waals surface area contributed by atoms with E-state index in [9.17, 15) is 13.2 Å². The van der Waals surface area contributed by atoms with Crippen molar-refractivity contribution in [2.75, 3.05) is 0 Å². The van der Waals surface area contributed by atoms with Crippen molar-refractivity contribution in [2.45, 2.75) is 50.2 Å². The van der Waals surface area contributed by atoms with Gasteiger partial charge in [-0.1, -0.05) is 29.8 Å². The molecule has 22 heavy (non-hydrogen) atoms. The van der Waals surface area contributed by atoms with Crippen molar-refractivity contribution < 1.29 is 17.9 Å². The van der Waals surface area contributed by atoms with Gasteiger partial charge in [0.1, 0.15) is 6.10 Å². The molecule has 120 valence electrons. The second-order valence-corrected chi connectivity index (χ2v) is 7.26. The average molecular weight is 323 g/mol. The maximum Gasteiger partial charge on any atom is 0.302 e. The van der Waals surface area contributed by atoms with Crippen LogP contribution in [0, 0.1) is 6.92 Å². The molecule has 2 atom stereocenters. The van der Waals surface area contributed by atoms with E-state index >= 15 is 0 Å². The summed E-state index contributed by atoms with van der Waals surface area (Å²) in [4.78, 5) is 11.3. The van der Waals surface area contributed by atoms with E-state index in [-0.39, 0.29) is 23.0 Å². The Balaban J connectivity index is 2.09. The van der Waals surface area contributed by atoms with Crippen LogP contribution in [0.2, 0.25) is 0 Å². The Morgan fingerprint density at radius 1 is 1.18 bits per heavy atom. The van der Waals surface area contributed by atoms with Crippen LogP contribution >= 0.6 is 0 Å². The van der Waals surface area contributed by atoms with Crippen molar-refractivity contribution in [3.63, 3.8) is 0 Å². The molecule has 0 unspecified atom stereocenters. The van der Waals surface area contributed by atoms with Gasteiger partial charge >= 0.3 is 5.97 Å². The largest absolute Gasteiger partial charge is 0.462 e. The average Bonchev–Trinajstić information content (AvgIpc) is 2.63. The van der Waals surface area contributed by atoms with Crippen molar-refractivity contribution >= 4 is 16.0 Å². The fourth-order valence-corrected chi connectivity index (χ4v) is 3.71. The zero-order valence-electron chi connectivity index (χ0n) is 12.8. The Morgan fingerprint density at radius 3 is 2.45 bits per heavy atom. The summed E-state index contributed by atoms with van der Waals surface area (Å²) in [5.74, 6) is -0.347. The molecule has 0 aliphatic heterocycles. The van der Waals surface area contributed by atoms with Gasteiger partial charge < -0.3 is 4.74 Å². The molecular weight excluding hydrogens is 302 g/mol. The van der Waals surface area contributed by atoms with Gasteiger partial charge in [0.15, 0.2) is 0 Å². The highest BCUT2D eigenvalue weighted by Gasteiger charge is 2.24. The summed E-state index contributed by atoms with van der Waals surface area (Å²) < 4.78 is 32.7. The van der Waals surface area contributed by atoms with Gasteiger partial charge in [0.25, 0.3) is 0 Å². The number of aryl methyl sites for hydroxylation is 1. The van der Waals surface area contributed by atoms with Crippen LogP contribution in [0.5, 0.6) is 0 Å². The molecule has 0 fully saturated rings. The number of benzene rings is 1. The summed E-state index contributed by atoms with van der Waals surface area (Å²) in [5, 5.41) is 0. The molecule has 1 aromatic carbocycles. The lowest BCUT2D eigenvalue weighted by molar-refractivity contribution is -0.146. The first-order valence-corrected chi connectivity index (χ1v) is 8.76. The fourth-order valence-electron chi connectivity index (χ4n) is 2.45. The molecule has 0 bridgehead atoms. The minimum absolute atomic E-state index is 0.246. The van der Waals surface area contributed by atoms with Crippen molar-refractivity contribution in [3.8, 4) is 0 Å². The van der Waals surface area contributed by atoms with Crippen LogP contribution in [0.4, 0.5) is 0 Å². The highest BCUT2D eigenvalue weighted by atomic mass is 32.2.